The molecular formula is C25H20FN5O. The van der Waals surface area contributed by atoms with Crippen molar-refractivity contribution in [1.82, 2.24) is 14.8 Å². The monoisotopic (exact) mass is 425 g/mol. The van der Waals surface area contributed by atoms with Gasteiger partial charge in [0.05, 0.1) is 5.56 Å². The minimum Gasteiger partial charge on any atom is -0.324 e. The molecule has 1 atom stereocenters. The number of hydrogen-bond donors (Lipinski definition) is 2. The quantitative estimate of drug-likeness (QED) is 0.481. The van der Waals surface area contributed by atoms with Gasteiger partial charge in [0.15, 0.2) is 0 Å². The van der Waals surface area contributed by atoms with E-state index in [0.717, 1.165) is 16.8 Å². The Morgan fingerprint density at radius 3 is 2.47 bits per heavy atom. The molecule has 2 N–H and O–H groups in total. The molecule has 1 amide bonds. The zero-order chi connectivity index (χ0) is 22.1. The van der Waals surface area contributed by atoms with Gasteiger partial charge in [-0.1, -0.05) is 72.3 Å². The number of benzene rings is 3. The van der Waals surface area contributed by atoms with Crippen LogP contribution in [0.1, 0.15) is 33.1 Å². The number of carbonyl (C=O) groups excluding carboxylic acids is 1. The van der Waals surface area contributed by atoms with Gasteiger partial charge in [-0.25, -0.2) is 9.07 Å². The van der Waals surface area contributed by atoms with Crippen molar-refractivity contribution >= 4 is 23.5 Å². The Hall–Kier alpha value is -4.26. The van der Waals surface area contributed by atoms with Crippen molar-refractivity contribution in [3.05, 3.63) is 113 Å². The van der Waals surface area contributed by atoms with Gasteiger partial charge in [0.1, 0.15) is 11.9 Å². The number of carbonyl (C=O) groups is 1. The van der Waals surface area contributed by atoms with Gasteiger partial charge in [-0.3, -0.25) is 10.1 Å². The van der Waals surface area contributed by atoms with Gasteiger partial charge in [0.25, 0.3) is 11.9 Å². The van der Waals surface area contributed by atoms with E-state index in [1.165, 1.54) is 23.8 Å². The summed E-state index contributed by atoms with van der Waals surface area (Å²) in [5.74, 6) is -0.618. The second kappa shape index (κ2) is 8.11. The Labute approximate surface area is 184 Å². The van der Waals surface area contributed by atoms with Gasteiger partial charge in [0.2, 0.25) is 5.95 Å². The standard InChI is InChI=1S/C25H20FN5O/c1-16-11-13-17(14-12-16)21-15-22(18-7-3-2-4-8-18)31-25(27-21)29-24(30-31)28-23(32)19-9-5-6-10-20(19)26/h2-15,22H,1H3,(H2,27,28,29,30,32)/t22-/m0/s1. The number of allylic oxidation sites excluding steroid dienone is 1. The maximum Gasteiger partial charge on any atom is 0.261 e. The van der Waals surface area contributed by atoms with Crippen LogP contribution in [0.5, 0.6) is 0 Å². The molecule has 0 saturated heterocycles. The first-order chi connectivity index (χ1) is 15.6. The van der Waals surface area contributed by atoms with E-state index < -0.39 is 11.7 Å². The lowest BCUT2D eigenvalue weighted by atomic mass is 10.0. The van der Waals surface area contributed by atoms with E-state index in [1.54, 1.807) is 10.7 Å². The molecule has 158 valence electrons. The first-order valence-corrected chi connectivity index (χ1v) is 10.2. The number of amides is 1. The molecule has 4 aromatic rings. The average Bonchev–Trinajstić information content (AvgIpc) is 3.22. The molecule has 0 fully saturated rings. The minimum atomic E-state index is -0.603. The van der Waals surface area contributed by atoms with Gasteiger partial charge in [0, 0.05) is 5.70 Å². The highest BCUT2D eigenvalue weighted by Gasteiger charge is 2.26. The van der Waals surface area contributed by atoms with Crippen LogP contribution in [0.2, 0.25) is 0 Å². The van der Waals surface area contributed by atoms with Crippen LogP contribution in [0.3, 0.4) is 0 Å². The van der Waals surface area contributed by atoms with Gasteiger partial charge in [-0.15, -0.1) is 5.10 Å². The fraction of sp³-hybridized carbons (Fsp3) is 0.0800. The van der Waals surface area contributed by atoms with Gasteiger partial charge in [-0.2, -0.15) is 4.98 Å². The Morgan fingerprint density at radius 1 is 1.00 bits per heavy atom. The number of anilines is 2. The summed E-state index contributed by atoms with van der Waals surface area (Å²) in [7, 11) is 0. The third-order valence-corrected chi connectivity index (χ3v) is 5.31. The topological polar surface area (TPSA) is 71.8 Å². The van der Waals surface area contributed by atoms with Crippen molar-refractivity contribution in [3.63, 3.8) is 0 Å². The molecule has 0 saturated carbocycles. The summed E-state index contributed by atoms with van der Waals surface area (Å²) in [6, 6.07) is 23.7. The third-order valence-electron chi connectivity index (χ3n) is 5.31. The zero-order valence-electron chi connectivity index (χ0n) is 17.3. The maximum atomic E-state index is 14.0. The molecule has 0 unspecified atom stereocenters. The van der Waals surface area contributed by atoms with E-state index in [-0.39, 0.29) is 17.6 Å². The molecular weight excluding hydrogens is 405 g/mol. The predicted octanol–water partition coefficient (Wildman–Crippen LogP) is 5.03. The van der Waals surface area contributed by atoms with Crippen molar-refractivity contribution in [1.29, 1.82) is 0 Å². The summed E-state index contributed by atoms with van der Waals surface area (Å²) < 4.78 is 15.7. The van der Waals surface area contributed by atoms with Crippen LogP contribution < -0.4 is 10.6 Å². The molecule has 3 aromatic carbocycles. The lowest BCUT2D eigenvalue weighted by Crippen LogP contribution is -2.20. The Morgan fingerprint density at radius 2 is 1.72 bits per heavy atom. The van der Waals surface area contributed by atoms with Crippen LogP contribution in [0.25, 0.3) is 5.70 Å². The van der Waals surface area contributed by atoms with Crippen LogP contribution in [0, 0.1) is 12.7 Å². The number of nitrogens with zero attached hydrogens (tertiary/aromatic N) is 3. The first kappa shape index (κ1) is 19.7. The molecule has 32 heavy (non-hydrogen) atoms. The van der Waals surface area contributed by atoms with Crippen molar-refractivity contribution in [2.45, 2.75) is 13.0 Å². The third kappa shape index (κ3) is 3.76. The van der Waals surface area contributed by atoms with Crippen molar-refractivity contribution in [2.24, 2.45) is 0 Å². The average molecular weight is 425 g/mol. The normalized spacial score (nSPS) is 14.8. The SMILES string of the molecule is Cc1ccc(C2=C[C@@H](c3ccccc3)n3nc(NC(=O)c4ccccc4F)nc3N2)cc1. The number of hydrogen-bond acceptors (Lipinski definition) is 4. The van der Waals surface area contributed by atoms with Crippen LogP contribution in [0.15, 0.2) is 84.9 Å². The molecule has 1 aliphatic heterocycles. The Kier molecular flexibility index (Phi) is 4.99. The first-order valence-electron chi connectivity index (χ1n) is 10.2. The van der Waals surface area contributed by atoms with Gasteiger partial charge < -0.3 is 5.32 Å². The molecule has 7 heteroatoms. The zero-order valence-corrected chi connectivity index (χ0v) is 17.3. The molecule has 0 bridgehead atoms. The molecule has 1 aromatic heterocycles. The maximum absolute atomic E-state index is 14.0. The smallest absolute Gasteiger partial charge is 0.261 e. The molecule has 1 aliphatic rings. The van der Waals surface area contributed by atoms with Crippen molar-refractivity contribution in [3.8, 4) is 0 Å². The highest BCUT2D eigenvalue weighted by atomic mass is 19.1. The summed E-state index contributed by atoms with van der Waals surface area (Å²) in [5.41, 5.74) is 4.04. The van der Waals surface area contributed by atoms with Crippen LogP contribution in [-0.4, -0.2) is 20.7 Å². The van der Waals surface area contributed by atoms with Crippen LogP contribution in [0.4, 0.5) is 16.3 Å². The second-order valence-electron chi connectivity index (χ2n) is 7.56. The largest absolute Gasteiger partial charge is 0.324 e. The lowest BCUT2D eigenvalue weighted by Gasteiger charge is -2.24. The Bertz CT molecular complexity index is 1310. The molecule has 2 heterocycles. The predicted molar refractivity (Wildman–Crippen MR) is 122 cm³/mol. The van der Waals surface area contributed by atoms with Gasteiger partial charge in [-0.05, 0) is 36.3 Å². The molecule has 0 spiro atoms. The van der Waals surface area contributed by atoms with E-state index >= 15 is 0 Å². The van der Waals surface area contributed by atoms with E-state index in [4.69, 9.17) is 0 Å². The number of halogens is 1. The van der Waals surface area contributed by atoms with Crippen molar-refractivity contribution < 1.29 is 9.18 Å². The van der Waals surface area contributed by atoms with E-state index in [1.807, 2.05) is 49.4 Å². The molecule has 5 rings (SSSR count). The number of fused-ring (bicyclic) bond motifs is 1. The summed E-state index contributed by atoms with van der Waals surface area (Å²) >= 11 is 0. The van der Waals surface area contributed by atoms with Gasteiger partial charge >= 0.3 is 0 Å². The van der Waals surface area contributed by atoms with E-state index in [2.05, 4.69) is 38.9 Å². The Balaban J connectivity index is 1.51. The highest BCUT2D eigenvalue weighted by molar-refractivity contribution is 6.03. The number of rotatable bonds is 4. The summed E-state index contributed by atoms with van der Waals surface area (Å²) in [6.07, 6.45) is 2.07. The summed E-state index contributed by atoms with van der Waals surface area (Å²) in [5, 5.41) is 10.4. The lowest BCUT2D eigenvalue weighted by molar-refractivity contribution is 0.102. The number of nitrogens with one attached hydrogen (secondary N) is 2. The van der Waals surface area contributed by atoms with E-state index in [9.17, 15) is 9.18 Å². The highest BCUT2D eigenvalue weighted by Crippen LogP contribution is 2.33. The fourth-order valence-electron chi connectivity index (χ4n) is 3.65. The minimum absolute atomic E-state index is 0.0636. The number of aryl methyl sites for hydroxylation is 1. The molecule has 0 aliphatic carbocycles. The van der Waals surface area contributed by atoms with Crippen LogP contribution >= 0.6 is 0 Å². The van der Waals surface area contributed by atoms with Crippen molar-refractivity contribution in [2.75, 3.05) is 10.6 Å². The second-order valence-corrected chi connectivity index (χ2v) is 7.56. The van der Waals surface area contributed by atoms with Crippen LogP contribution in [-0.2, 0) is 0 Å². The summed E-state index contributed by atoms with van der Waals surface area (Å²) in [6.45, 7) is 2.04. The number of aromatic nitrogens is 3. The summed E-state index contributed by atoms with van der Waals surface area (Å²) in [4.78, 5) is 17.0. The fourth-order valence-corrected chi connectivity index (χ4v) is 3.65. The van der Waals surface area contributed by atoms with E-state index in [0.29, 0.717) is 5.95 Å². The molecule has 0 radical (unpaired) electrons. The molecule has 6 nitrogen and oxygen atoms in total.